The van der Waals surface area contributed by atoms with Crippen LogP contribution in [-0.2, 0) is 0 Å². The van der Waals surface area contributed by atoms with E-state index in [0.29, 0.717) is 0 Å². The third-order valence-electron chi connectivity index (χ3n) is 2.17. The van der Waals surface area contributed by atoms with E-state index in [1.54, 1.807) is 0 Å². The van der Waals surface area contributed by atoms with Crippen molar-refractivity contribution in [3.63, 3.8) is 0 Å². The Bertz CT molecular complexity index is 123. The molecule has 1 saturated heterocycles. The monoisotopic (exact) mass is 154 g/mol. The minimum atomic E-state index is 0.722. The first-order valence-corrected chi connectivity index (χ1v) is 4.35. The third kappa shape index (κ3) is 3.04. The molecule has 1 rings (SSSR count). The lowest BCUT2D eigenvalue weighted by Gasteiger charge is -2.11. The number of nitrogens with zero attached hydrogens (tertiary/aromatic N) is 1. The molecule has 1 heterocycles. The van der Waals surface area contributed by atoms with Crippen molar-refractivity contribution >= 4 is 0 Å². The van der Waals surface area contributed by atoms with E-state index < -0.39 is 0 Å². The molecule has 64 valence electrons. The van der Waals surface area contributed by atoms with Gasteiger partial charge in [-0.3, -0.25) is 0 Å². The normalized spacial score (nSPS) is 25.7. The lowest BCUT2D eigenvalue weighted by molar-refractivity contribution is 0.399. The van der Waals surface area contributed by atoms with E-state index >= 15 is 0 Å². The molecule has 2 nitrogen and oxygen atoms in total. The van der Waals surface area contributed by atoms with E-state index in [1.807, 2.05) is 6.08 Å². The Morgan fingerprint density at radius 3 is 3.09 bits per heavy atom. The molecule has 0 bridgehead atoms. The lowest BCUT2D eigenvalue weighted by Crippen LogP contribution is -2.31. The van der Waals surface area contributed by atoms with Crippen molar-refractivity contribution in [1.29, 1.82) is 0 Å². The van der Waals surface area contributed by atoms with Crippen molar-refractivity contribution in [1.82, 2.24) is 10.2 Å². The predicted molar refractivity (Wildman–Crippen MR) is 48.7 cm³/mol. The van der Waals surface area contributed by atoms with Crippen LogP contribution in [0.2, 0.25) is 0 Å². The summed E-state index contributed by atoms with van der Waals surface area (Å²) in [6.45, 7) is 7.22. The summed E-state index contributed by atoms with van der Waals surface area (Å²) in [5.41, 5.74) is 0. The summed E-state index contributed by atoms with van der Waals surface area (Å²) in [7, 11) is 2.18. The van der Waals surface area contributed by atoms with Gasteiger partial charge in [-0.15, -0.1) is 6.58 Å². The van der Waals surface area contributed by atoms with Crippen LogP contribution in [0.1, 0.15) is 12.8 Å². The summed E-state index contributed by atoms with van der Waals surface area (Å²) in [6.07, 6.45) is 4.35. The molecular weight excluding hydrogens is 136 g/mol. The van der Waals surface area contributed by atoms with Gasteiger partial charge in [0.25, 0.3) is 0 Å². The molecule has 0 aromatic carbocycles. The minimum Gasteiger partial charge on any atom is -0.312 e. The number of hydrogen-bond donors (Lipinski definition) is 1. The fraction of sp³-hybridized carbons (Fsp3) is 0.778. The molecule has 1 atom stereocenters. The fourth-order valence-electron chi connectivity index (χ4n) is 1.49. The molecule has 0 saturated carbocycles. The van der Waals surface area contributed by atoms with E-state index in [-0.39, 0.29) is 0 Å². The molecule has 0 amide bonds. The summed E-state index contributed by atoms with van der Waals surface area (Å²) < 4.78 is 0. The first kappa shape index (κ1) is 8.75. The van der Waals surface area contributed by atoms with E-state index in [9.17, 15) is 0 Å². The van der Waals surface area contributed by atoms with Gasteiger partial charge < -0.3 is 10.2 Å². The highest BCUT2D eigenvalue weighted by atomic mass is 15.2. The van der Waals surface area contributed by atoms with E-state index in [4.69, 9.17) is 0 Å². The minimum absolute atomic E-state index is 0.722. The summed E-state index contributed by atoms with van der Waals surface area (Å²) in [5, 5.41) is 3.50. The molecule has 11 heavy (non-hydrogen) atoms. The maximum Gasteiger partial charge on any atom is 0.0207 e. The fourth-order valence-corrected chi connectivity index (χ4v) is 1.49. The van der Waals surface area contributed by atoms with Gasteiger partial charge in [-0.2, -0.15) is 0 Å². The maximum atomic E-state index is 3.69. The molecule has 0 radical (unpaired) electrons. The van der Waals surface area contributed by atoms with Gasteiger partial charge in [0.05, 0.1) is 0 Å². The third-order valence-corrected chi connectivity index (χ3v) is 2.17. The van der Waals surface area contributed by atoms with Crippen LogP contribution in [0.5, 0.6) is 0 Å². The summed E-state index contributed by atoms with van der Waals surface area (Å²) in [4.78, 5) is 2.37. The lowest BCUT2D eigenvalue weighted by atomic mass is 10.2. The van der Waals surface area contributed by atoms with E-state index in [2.05, 4.69) is 23.8 Å². The molecule has 0 aromatic heterocycles. The van der Waals surface area contributed by atoms with Crippen LogP contribution < -0.4 is 5.32 Å². The topological polar surface area (TPSA) is 15.3 Å². The van der Waals surface area contributed by atoms with Crippen LogP contribution in [0, 0.1) is 0 Å². The Kier molecular flexibility index (Phi) is 3.60. The highest BCUT2D eigenvalue weighted by Gasteiger charge is 2.17. The molecule has 0 spiro atoms. The molecule has 1 fully saturated rings. The second-order valence-electron chi connectivity index (χ2n) is 3.28. The Morgan fingerprint density at radius 1 is 1.73 bits per heavy atom. The van der Waals surface area contributed by atoms with Gasteiger partial charge in [0.15, 0.2) is 0 Å². The van der Waals surface area contributed by atoms with Gasteiger partial charge in [-0.25, -0.2) is 0 Å². The smallest absolute Gasteiger partial charge is 0.0207 e. The van der Waals surface area contributed by atoms with Crippen molar-refractivity contribution < 1.29 is 0 Å². The quantitative estimate of drug-likeness (QED) is 0.477. The van der Waals surface area contributed by atoms with Gasteiger partial charge in [-0.05, 0) is 33.0 Å². The Balaban J connectivity index is 2.03. The van der Waals surface area contributed by atoms with Gasteiger partial charge in [0, 0.05) is 12.6 Å². The van der Waals surface area contributed by atoms with E-state index in [0.717, 1.165) is 19.0 Å². The summed E-state index contributed by atoms with van der Waals surface area (Å²) >= 11 is 0. The Hall–Kier alpha value is -0.340. The van der Waals surface area contributed by atoms with Crippen LogP contribution in [0.3, 0.4) is 0 Å². The van der Waals surface area contributed by atoms with Crippen molar-refractivity contribution in [2.75, 3.05) is 26.7 Å². The van der Waals surface area contributed by atoms with Gasteiger partial charge in [0.1, 0.15) is 0 Å². The van der Waals surface area contributed by atoms with Crippen molar-refractivity contribution in [2.45, 2.75) is 18.9 Å². The Labute approximate surface area is 69.3 Å². The summed E-state index contributed by atoms with van der Waals surface area (Å²) in [6, 6.07) is 0.722. The number of likely N-dealkylation sites (N-methyl/N-ethyl adjacent to an activating group) is 1. The predicted octanol–water partition coefficient (Wildman–Crippen LogP) is 0.856. The van der Waals surface area contributed by atoms with Crippen LogP contribution in [0.4, 0.5) is 0 Å². The molecule has 1 unspecified atom stereocenters. The maximum absolute atomic E-state index is 3.69. The first-order valence-electron chi connectivity index (χ1n) is 4.35. The molecule has 0 aromatic rings. The average Bonchev–Trinajstić information content (AvgIpc) is 2.37. The van der Waals surface area contributed by atoms with Crippen molar-refractivity contribution in [2.24, 2.45) is 0 Å². The molecule has 1 aliphatic rings. The molecule has 1 N–H and O–H groups in total. The molecule has 0 aliphatic carbocycles. The second-order valence-corrected chi connectivity index (χ2v) is 3.28. The SMILES string of the molecule is C=CCCNC1CCN(C)C1. The van der Waals surface area contributed by atoms with Crippen molar-refractivity contribution in [3.8, 4) is 0 Å². The largest absolute Gasteiger partial charge is 0.312 e. The highest BCUT2D eigenvalue weighted by molar-refractivity contribution is 4.79. The number of rotatable bonds is 4. The van der Waals surface area contributed by atoms with Crippen LogP contribution in [0.15, 0.2) is 12.7 Å². The highest BCUT2D eigenvalue weighted by Crippen LogP contribution is 2.05. The number of nitrogens with one attached hydrogen (secondary N) is 1. The average molecular weight is 154 g/mol. The molecule has 1 aliphatic heterocycles. The van der Waals surface area contributed by atoms with Gasteiger partial charge >= 0.3 is 0 Å². The molecular formula is C9H18N2. The zero-order chi connectivity index (χ0) is 8.10. The van der Waals surface area contributed by atoms with E-state index in [1.165, 1.54) is 19.5 Å². The van der Waals surface area contributed by atoms with Crippen LogP contribution in [-0.4, -0.2) is 37.6 Å². The standard InChI is InChI=1S/C9H18N2/c1-3-4-6-10-9-5-7-11(2)8-9/h3,9-10H,1,4-8H2,2H3. The summed E-state index contributed by atoms with van der Waals surface area (Å²) in [5.74, 6) is 0. The first-order chi connectivity index (χ1) is 5.33. The van der Waals surface area contributed by atoms with Crippen LogP contribution in [0.25, 0.3) is 0 Å². The van der Waals surface area contributed by atoms with Gasteiger partial charge in [-0.1, -0.05) is 6.08 Å². The Morgan fingerprint density at radius 2 is 2.55 bits per heavy atom. The number of hydrogen-bond acceptors (Lipinski definition) is 2. The second kappa shape index (κ2) is 4.52. The molecule has 2 heteroatoms. The number of likely N-dealkylation sites (tertiary alicyclic amines) is 1. The van der Waals surface area contributed by atoms with Gasteiger partial charge in [0.2, 0.25) is 0 Å². The zero-order valence-electron chi connectivity index (χ0n) is 7.34. The zero-order valence-corrected chi connectivity index (χ0v) is 7.34. The van der Waals surface area contributed by atoms with Crippen LogP contribution >= 0.6 is 0 Å². The van der Waals surface area contributed by atoms with Crippen molar-refractivity contribution in [3.05, 3.63) is 12.7 Å².